The summed E-state index contributed by atoms with van der Waals surface area (Å²) in [5, 5.41) is 22.1. The van der Waals surface area contributed by atoms with Crippen molar-refractivity contribution in [1.29, 1.82) is 0 Å². The zero-order valence-electron chi connectivity index (χ0n) is 22.5. The molecule has 0 unspecified atom stereocenters. The number of quaternary nitrogens is 1. The number of aliphatic carboxylic acids is 2. The van der Waals surface area contributed by atoms with Crippen molar-refractivity contribution in [2.75, 3.05) is 20.8 Å². The highest BCUT2D eigenvalue weighted by Gasteiger charge is 2.59. The van der Waals surface area contributed by atoms with Crippen LogP contribution in [0.5, 0.6) is 0 Å². The molecular weight excluding hydrogens is 432 g/mol. The number of hydrogen-bond acceptors (Lipinski definition) is 3. The summed E-state index contributed by atoms with van der Waals surface area (Å²) in [6.07, 6.45) is 19.8. The SMILES string of the molecule is CCCCCCCCCCCCCCCCCC(=O)NC[N+](C)(C)C(CCC)(C(=O)O)C(=O)O. The van der Waals surface area contributed by atoms with Gasteiger partial charge in [0.1, 0.15) is 0 Å². The summed E-state index contributed by atoms with van der Waals surface area (Å²) in [6.45, 7) is 3.98. The number of carbonyl (C=O) groups excluding carboxylic acids is 1. The molecule has 0 aliphatic rings. The molecule has 0 aliphatic heterocycles. The van der Waals surface area contributed by atoms with Crippen LogP contribution >= 0.6 is 0 Å². The fourth-order valence-corrected chi connectivity index (χ4v) is 4.65. The second kappa shape index (κ2) is 18.7. The van der Waals surface area contributed by atoms with E-state index >= 15 is 0 Å². The van der Waals surface area contributed by atoms with Crippen LogP contribution in [0, 0.1) is 0 Å². The van der Waals surface area contributed by atoms with Gasteiger partial charge in [-0.3, -0.25) is 9.28 Å². The molecule has 34 heavy (non-hydrogen) atoms. The van der Waals surface area contributed by atoms with E-state index in [0.717, 1.165) is 19.3 Å². The minimum atomic E-state index is -1.98. The van der Waals surface area contributed by atoms with Crippen LogP contribution in [-0.4, -0.2) is 58.8 Å². The van der Waals surface area contributed by atoms with Gasteiger partial charge in [0, 0.05) is 12.8 Å². The Balaban J connectivity index is 3.92. The Kier molecular flexibility index (Phi) is 17.8. The maximum Gasteiger partial charge on any atom is 0.377 e. The van der Waals surface area contributed by atoms with Crippen molar-refractivity contribution in [3.05, 3.63) is 0 Å². The van der Waals surface area contributed by atoms with Crippen LogP contribution in [0.4, 0.5) is 0 Å². The fourth-order valence-electron chi connectivity index (χ4n) is 4.65. The molecule has 0 heterocycles. The molecule has 7 heteroatoms. The normalized spacial score (nSPS) is 12.0. The lowest BCUT2D eigenvalue weighted by molar-refractivity contribution is -0.925. The lowest BCUT2D eigenvalue weighted by Gasteiger charge is -2.42. The Bertz CT molecular complexity index is 563. The number of carboxylic acids is 2. The molecule has 7 nitrogen and oxygen atoms in total. The van der Waals surface area contributed by atoms with E-state index in [-0.39, 0.29) is 23.5 Å². The Morgan fingerprint density at radius 2 is 1.03 bits per heavy atom. The number of nitrogens with zero attached hydrogens (tertiary/aromatic N) is 1. The third-order valence-electron chi connectivity index (χ3n) is 7.03. The highest BCUT2D eigenvalue weighted by Crippen LogP contribution is 2.27. The minimum absolute atomic E-state index is 0.000412. The van der Waals surface area contributed by atoms with E-state index in [1.165, 1.54) is 77.0 Å². The van der Waals surface area contributed by atoms with E-state index in [0.29, 0.717) is 12.8 Å². The predicted molar refractivity (Wildman–Crippen MR) is 138 cm³/mol. The molecule has 200 valence electrons. The van der Waals surface area contributed by atoms with Gasteiger partial charge < -0.3 is 15.5 Å². The number of nitrogens with one attached hydrogen (secondary N) is 1. The van der Waals surface area contributed by atoms with Crippen molar-refractivity contribution in [2.45, 2.75) is 135 Å². The molecule has 0 aromatic rings. The molecule has 1 amide bonds. The third kappa shape index (κ3) is 12.2. The van der Waals surface area contributed by atoms with Gasteiger partial charge in [-0.1, -0.05) is 104 Å². The van der Waals surface area contributed by atoms with Gasteiger partial charge in [-0.2, -0.15) is 0 Å². The van der Waals surface area contributed by atoms with E-state index in [4.69, 9.17) is 0 Å². The van der Waals surface area contributed by atoms with Gasteiger partial charge in [0.15, 0.2) is 6.67 Å². The minimum Gasteiger partial charge on any atom is -0.476 e. The van der Waals surface area contributed by atoms with Crippen molar-refractivity contribution in [1.82, 2.24) is 5.32 Å². The molecule has 0 saturated heterocycles. The standard InChI is InChI=1S/C27H52N2O5/c1-5-7-8-9-10-11-12-13-14-15-16-17-18-19-20-21-24(30)28-23-29(3,4)27(22-6-2,25(31)32)26(33)34/h5-23H2,1-4H3,(H2-,28,30,31,32,33,34)/p+1. The van der Waals surface area contributed by atoms with E-state index in [9.17, 15) is 24.6 Å². The van der Waals surface area contributed by atoms with Gasteiger partial charge in [0.2, 0.25) is 5.91 Å². The molecule has 0 saturated carbocycles. The fraction of sp³-hybridized carbons (Fsp3) is 0.889. The van der Waals surface area contributed by atoms with Crippen LogP contribution in [0.15, 0.2) is 0 Å². The summed E-state index contributed by atoms with van der Waals surface area (Å²) in [4.78, 5) is 36.0. The molecule has 0 atom stereocenters. The number of unbranched alkanes of at least 4 members (excludes halogenated alkanes) is 14. The molecule has 0 rings (SSSR count). The van der Waals surface area contributed by atoms with E-state index in [1.54, 1.807) is 21.0 Å². The van der Waals surface area contributed by atoms with Crippen LogP contribution in [0.3, 0.4) is 0 Å². The first kappa shape index (κ1) is 32.4. The van der Waals surface area contributed by atoms with Gasteiger partial charge in [-0.05, 0) is 12.8 Å². The maximum atomic E-state index is 12.2. The predicted octanol–water partition coefficient (Wildman–Crippen LogP) is 6.11. The van der Waals surface area contributed by atoms with Crippen LogP contribution in [0.1, 0.15) is 129 Å². The summed E-state index contributed by atoms with van der Waals surface area (Å²) in [5.41, 5.74) is -1.98. The molecule has 3 N–H and O–H groups in total. The first-order valence-corrected chi connectivity index (χ1v) is 13.7. The number of likely N-dealkylation sites (N-methyl/N-ethyl adjacent to an activating group) is 1. The van der Waals surface area contributed by atoms with E-state index in [2.05, 4.69) is 12.2 Å². The lowest BCUT2D eigenvalue weighted by Crippen LogP contribution is -2.70. The number of hydrogen-bond donors (Lipinski definition) is 3. The third-order valence-corrected chi connectivity index (χ3v) is 7.03. The highest BCUT2D eigenvalue weighted by atomic mass is 16.4. The van der Waals surface area contributed by atoms with Crippen molar-refractivity contribution < 1.29 is 29.1 Å². The Hall–Kier alpha value is -1.63. The highest BCUT2D eigenvalue weighted by molar-refractivity contribution is 6.01. The number of rotatable bonds is 23. The molecular formula is C27H53N2O5+. The first-order valence-electron chi connectivity index (χ1n) is 13.7. The van der Waals surface area contributed by atoms with Gasteiger partial charge >= 0.3 is 11.9 Å². The van der Waals surface area contributed by atoms with Crippen LogP contribution in [0.25, 0.3) is 0 Å². The summed E-state index contributed by atoms with van der Waals surface area (Å²) in [7, 11) is 3.09. The Labute approximate surface area is 208 Å². The second-order valence-corrected chi connectivity index (χ2v) is 10.4. The van der Waals surface area contributed by atoms with Crippen LogP contribution in [0.2, 0.25) is 0 Å². The smallest absolute Gasteiger partial charge is 0.377 e. The quantitative estimate of drug-likeness (QED) is 0.0701. The average molecular weight is 486 g/mol. The Morgan fingerprint density at radius 3 is 1.38 bits per heavy atom. The van der Waals surface area contributed by atoms with Crippen molar-refractivity contribution in [3.8, 4) is 0 Å². The molecule has 0 aromatic carbocycles. The lowest BCUT2D eigenvalue weighted by atomic mass is 9.90. The first-order chi connectivity index (χ1) is 16.2. The topological polar surface area (TPSA) is 104 Å². The number of carbonyl (C=O) groups is 3. The molecule has 0 aliphatic carbocycles. The zero-order chi connectivity index (χ0) is 25.9. The van der Waals surface area contributed by atoms with Gasteiger partial charge in [0.25, 0.3) is 5.54 Å². The molecule has 0 spiro atoms. The molecule has 0 aromatic heterocycles. The van der Waals surface area contributed by atoms with Gasteiger partial charge in [0.05, 0.1) is 14.1 Å². The van der Waals surface area contributed by atoms with Crippen molar-refractivity contribution >= 4 is 17.8 Å². The maximum absolute atomic E-state index is 12.2. The molecule has 0 bridgehead atoms. The monoisotopic (exact) mass is 485 g/mol. The van der Waals surface area contributed by atoms with Gasteiger partial charge in [-0.25, -0.2) is 9.59 Å². The van der Waals surface area contributed by atoms with Crippen LogP contribution < -0.4 is 5.32 Å². The van der Waals surface area contributed by atoms with Crippen LogP contribution in [-0.2, 0) is 14.4 Å². The van der Waals surface area contributed by atoms with Gasteiger partial charge in [-0.15, -0.1) is 0 Å². The Morgan fingerprint density at radius 1 is 0.647 bits per heavy atom. The largest absolute Gasteiger partial charge is 0.476 e. The van der Waals surface area contributed by atoms with E-state index < -0.39 is 17.5 Å². The summed E-state index contributed by atoms with van der Waals surface area (Å²) >= 11 is 0. The van der Waals surface area contributed by atoms with Crippen molar-refractivity contribution in [3.63, 3.8) is 0 Å². The second-order valence-electron chi connectivity index (χ2n) is 10.4. The molecule has 0 radical (unpaired) electrons. The number of carboxylic acid groups (broad SMARTS) is 2. The van der Waals surface area contributed by atoms with Crippen molar-refractivity contribution in [2.24, 2.45) is 0 Å². The zero-order valence-corrected chi connectivity index (χ0v) is 22.5. The number of amides is 1. The average Bonchev–Trinajstić information content (AvgIpc) is 2.78. The molecule has 0 fully saturated rings. The van der Waals surface area contributed by atoms with E-state index in [1.807, 2.05) is 0 Å². The summed E-state index contributed by atoms with van der Waals surface area (Å²) in [5.74, 6) is -2.89. The summed E-state index contributed by atoms with van der Waals surface area (Å²) in [6, 6.07) is 0. The summed E-state index contributed by atoms with van der Waals surface area (Å²) < 4.78 is -0.337.